The second-order valence-corrected chi connectivity index (χ2v) is 5.01. The van der Waals surface area contributed by atoms with Crippen LogP contribution in [0.1, 0.15) is 39.7 Å². The van der Waals surface area contributed by atoms with Crippen molar-refractivity contribution in [1.29, 1.82) is 0 Å². The molecule has 0 bridgehead atoms. The van der Waals surface area contributed by atoms with Crippen LogP contribution in [0.2, 0.25) is 0 Å². The molecule has 0 radical (unpaired) electrons. The van der Waals surface area contributed by atoms with Crippen molar-refractivity contribution in [3.8, 4) is 0 Å². The van der Waals surface area contributed by atoms with Crippen molar-refractivity contribution in [2.75, 3.05) is 18.5 Å². The molecule has 0 aliphatic rings. The first-order valence-corrected chi connectivity index (χ1v) is 6.40. The lowest BCUT2D eigenvalue weighted by atomic mass is 9.98. The van der Waals surface area contributed by atoms with Crippen LogP contribution in [0.3, 0.4) is 0 Å². The van der Waals surface area contributed by atoms with Gasteiger partial charge in [0, 0.05) is 25.3 Å². The van der Waals surface area contributed by atoms with Gasteiger partial charge in [-0.2, -0.15) is 0 Å². The molecule has 1 heterocycles. The predicted molar refractivity (Wildman–Crippen MR) is 74.4 cm³/mol. The van der Waals surface area contributed by atoms with Crippen LogP contribution in [0.15, 0.2) is 18.5 Å². The molecule has 0 saturated carbocycles. The highest BCUT2D eigenvalue weighted by Crippen LogP contribution is 2.27. The van der Waals surface area contributed by atoms with Crippen LogP contribution < -0.4 is 10.2 Å². The van der Waals surface area contributed by atoms with E-state index in [0.717, 1.165) is 19.5 Å². The first-order valence-electron chi connectivity index (χ1n) is 6.40. The molecule has 1 rings (SSSR count). The molecule has 0 aliphatic heterocycles. The predicted octanol–water partition coefficient (Wildman–Crippen LogP) is 2.82. The lowest BCUT2D eigenvalue weighted by molar-refractivity contribution is 0.469. The van der Waals surface area contributed by atoms with Gasteiger partial charge in [-0.25, -0.2) is 0 Å². The fourth-order valence-electron chi connectivity index (χ4n) is 1.69. The van der Waals surface area contributed by atoms with E-state index in [2.05, 4.69) is 56.0 Å². The maximum Gasteiger partial charge on any atom is 0.0600 e. The minimum atomic E-state index is 0.157. The van der Waals surface area contributed by atoms with Crippen molar-refractivity contribution in [3.05, 3.63) is 24.0 Å². The summed E-state index contributed by atoms with van der Waals surface area (Å²) in [6.07, 6.45) is 4.94. The van der Waals surface area contributed by atoms with Crippen LogP contribution in [0.5, 0.6) is 0 Å². The highest BCUT2D eigenvalue weighted by atomic mass is 15.2. The molecule has 0 amide bonds. The van der Waals surface area contributed by atoms with Crippen LogP contribution in [0.4, 0.5) is 5.69 Å². The summed E-state index contributed by atoms with van der Waals surface area (Å²) in [6.45, 7) is 10.8. The smallest absolute Gasteiger partial charge is 0.0600 e. The standard InChI is InChI=1S/C14H25N3/c1-6-14(3,4)17(5)13-11-16-9-8-12(13)10-15-7-2/h8-9,11,15H,6-7,10H2,1-5H3. The van der Waals surface area contributed by atoms with Crippen LogP contribution in [0.25, 0.3) is 0 Å². The van der Waals surface area contributed by atoms with Crippen molar-refractivity contribution in [2.24, 2.45) is 0 Å². The van der Waals surface area contributed by atoms with Gasteiger partial charge in [-0.05, 0) is 38.4 Å². The molecule has 0 aliphatic carbocycles. The molecule has 3 heteroatoms. The molecule has 0 fully saturated rings. The Morgan fingerprint density at radius 1 is 1.35 bits per heavy atom. The lowest BCUT2D eigenvalue weighted by Gasteiger charge is -2.37. The number of rotatable bonds is 6. The minimum Gasteiger partial charge on any atom is -0.368 e. The molecule has 96 valence electrons. The zero-order chi connectivity index (χ0) is 12.9. The zero-order valence-corrected chi connectivity index (χ0v) is 11.7. The molecule has 17 heavy (non-hydrogen) atoms. The molecule has 0 spiro atoms. The van der Waals surface area contributed by atoms with Gasteiger partial charge in [0.1, 0.15) is 0 Å². The van der Waals surface area contributed by atoms with E-state index in [4.69, 9.17) is 0 Å². The van der Waals surface area contributed by atoms with Gasteiger partial charge in [0.05, 0.1) is 11.9 Å². The molecule has 0 aromatic carbocycles. The molecule has 3 nitrogen and oxygen atoms in total. The zero-order valence-electron chi connectivity index (χ0n) is 11.7. The summed E-state index contributed by atoms with van der Waals surface area (Å²) < 4.78 is 0. The average Bonchev–Trinajstić information content (AvgIpc) is 2.35. The van der Waals surface area contributed by atoms with E-state index in [0.29, 0.717) is 0 Å². The SMILES string of the molecule is CCNCc1ccncc1N(C)C(C)(C)CC. The molecule has 0 saturated heterocycles. The summed E-state index contributed by atoms with van der Waals surface area (Å²) in [4.78, 5) is 6.58. The normalized spacial score (nSPS) is 11.6. The van der Waals surface area contributed by atoms with Gasteiger partial charge in [-0.3, -0.25) is 4.98 Å². The second kappa shape index (κ2) is 6.01. The first-order chi connectivity index (χ1) is 8.03. The van der Waals surface area contributed by atoms with E-state index < -0.39 is 0 Å². The van der Waals surface area contributed by atoms with Crippen molar-refractivity contribution in [2.45, 2.75) is 46.2 Å². The van der Waals surface area contributed by atoms with Gasteiger partial charge in [0.15, 0.2) is 0 Å². The number of nitrogens with zero attached hydrogens (tertiary/aromatic N) is 2. The summed E-state index contributed by atoms with van der Waals surface area (Å²) in [5.74, 6) is 0. The van der Waals surface area contributed by atoms with Crippen molar-refractivity contribution in [3.63, 3.8) is 0 Å². The third-order valence-corrected chi connectivity index (χ3v) is 3.59. The van der Waals surface area contributed by atoms with Crippen molar-refractivity contribution in [1.82, 2.24) is 10.3 Å². The maximum atomic E-state index is 4.25. The van der Waals surface area contributed by atoms with Crippen LogP contribution >= 0.6 is 0 Å². The van der Waals surface area contributed by atoms with E-state index in [1.54, 1.807) is 0 Å². The van der Waals surface area contributed by atoms with Crippen LogP contribution in [-0.2, 0) is 6.54 Å². The number of pyridine rings is 1. The highest BCUT2D eigenvalue weighted by Gasteiger charge is 2.23. The van der Waals surface area contributed by atoms with Crippen molar-refractivity contribution >= 4 is 5.69 Å². The quantitative estimate of drug-likeness (QED) is 0.822. The lowest BCUT2D eigenvalue weighted by Crippen LogP contribution is -2.41. The maximum absolute atomic E-state index is 4.25. The van der Waals surface area contributed by atoms with Crippen LogP contribution in [0, 0.1) is 0 Å². The topological polar surface area (TPSA) is 28.2 Å². The van der Waals surface area contributed by atoms with Gasteiger partial charge in [-0.1, -0.05) is 13.8 Å². The fraction of sp³-hybridized carbons (Fsp3) is 0.643. The van der Waals surface area contributed by atoms with Crippen LogP contribution in [-0.4, -0.2) is 24.1 Å². The summed E-state index contributed by atoms with van der Waals surface area (Å²) >= 11 is 0. The van der Waals surface area contributed by atoms with E-state index in [1.165, 1.54) is 11.3 Å². The molecule has 1 aromatic rings. The molecule has 1 N–H and O–H groups in total. The molecule has 0 atom stereocenters. The second-order valence-electron chi connectivity index (χ2n) is 5.01. The molecule has 0 unspecified atom stereocenters. The Morgan fingerprint density at radius 3 is 2.65 bits per heavy atom. The fourth-order valence-corrected chi connectivity index (χ4v) is 1.69. The largest absolute Gasteiger partial charge is 0.368 e. The van der Waals surface area contributed by atoms with Gasteiger partial charge in [0.25, 0.3) is 0 Å². The number of hydrogen-bond acceptors (Lipinski definition) is 3. The summed E-state index contributed by atoms with van der Waals surface area (Å²) in [7, 11) is 2.15. The number of anilines is 1. The Kier molecular flexibility index (Phi) is 4.94. The highest BCUT2D eigenvalue weighted by molar-refractivity contribution is 5.52. The Hall–Kier alpha value is -1.09. The van der Waals surface area contributed by atoms with Gasteiger partial charge in [-0.15, -0.1) is 0 Å². The summed E-state index contributed by atoms with van der Waals surface area (Å²) in [5, 5.41) is 3.37. The average molecular weight is 235 g/mol. The third-order valence-electron chi connectivity index (χ3n) is 3.59. The van der Waals surface area contributed by atoms with Gasteiger partial charge in [0.2, 0.25) is 0 Å². The summed E-state index contributed by atoms with van der Waals surface area (Å²) in [5.41, 5.74) is 2.69. The number of nitrogens with one attached hydrogen (secondary N) is 1. The molecule has 1 aromatic heterocycles. The first kappa shape index (κ1) is 14.0. The van der Waals surface area contributed by atoms with Gasteiger partial charge < -0.3 is 10.2 Å². The Morgan fingerprint density at radius 2 is 2.06 bits per heavy atom. The van der Waals surface area contributed by atoms with Gasteiger partial charge >= 0.3 is 0 Å². The Labute approximate surface area is 105 Å². The molecular formula is C14H25N3. The Bertz CT molecular complexity index is 347. The van der Waals surface area contributed by atoms with Crippen molar-refractivity contribution < 1.29 is 0 Å². The number of hydrogen-bond donors (Lipinski definition) is 1. The summed E-state index contributed by atoms with van der Waals surface area (Å²) in [6, 6.07) is 2.10. The number of aromatic nitrogens is 1. The molecular weight excluding hydrogens is 210 g/mol. The third kappa shape index (κ3) is 3.43. The van der Waals surface area contributed by atoms with E-state index in [1.807, 2.05) is 12.4 Å². The van der Waals surface area contributed by atoms with E-state index >= 15 is 0 Å². The van der Waals surface area contributed by atoms with E-state index in [9.17, 15) is 0 Å². The minimum absolute atomic E-state index is 0.157. The van der Waals surface area contributed by atoms with E-state index in [-0.39, 0.29) is 5.54 Å². The monoisotopic (exact) mass is 235 g/mol. The Balaban J connectivity index is 2.96.